The molecule has 2 fully saturated rings. The van der Waals surface area contributed by atoms with Gasteiger partial charge in [0.05, 0.1) is 0 Å². The van der Waals surface area contributed by atoms with Crippen molar-refractivity contribution in [2.75, 3.05) is 36.4 Å². The molecule has 0 spiro atoms. The predicted molar refractivity (Wildman–Crippen MR) is 139 cm³/mol. The number of carbonyl (C=O) groups excluding carboxylic acids is 3. The van der Waals surface area contributed by atoms with E-state index in [1.165, 1.54) is 0 Å². The Bertz CT molecular complexity index is 881. The van der Waals surface area contributed by atoms with Crippen molar-refractivity contribution in [1.82, 2.24) is 10.2 Å². The molecule has 1 unspecified atom stereocenters. The number of aliphatic carboxylic acids is 1. The van der Waals surface area contributed by atoms with Gasteiger partial charge in [0, 0.05) is 56.8 Å². The number of amides is 3. The highest BCUT2D eigenvalue weighted by Crippen LogP contribution is 2.22. The summed E-state index contributed by atoms with van der Waals surface area (Å²) in [5.41, 5.74) is 1.94. The van der Waals surface area contributed by atoms with E-state index in [0.29, 0.717) is 19.3 Å². The fourth-order valence-electron chi connectivity index (χ4n) is 4.79. The van der Waals surface area contributed by atoms with E-state index >= 15 is 0 Å². The maximum absolute atomic E-state index is 12.6. The third kappa shape index (κ3) is 9.17. The molecule has 0 aromatic heterocycles. The molecule has 3 N–H and O–H groups in total. The van der Waals surface area contributed by atoms with Crippen LogP contribution >= 0.6 is 0 Å². The maximum Gasteiger partial charge on any atom is 0.303 e. The molecule has 9 nitrogen and oxygen atoms in total. The number of anilines is 2. The summed E-state index contributed by atoms with van der Waals surface area (Å²) in [5.74, 6) is -0.964. The molecule has 36 heavy (non-hydrogen) atoms. The second-order valence-corrected chi connectivity index (χ2v) is 9.78. The largest absolute Gasteiger partial charge is 0.481 e. The Morgan fingerprint density at radius 2 is 1.44 bits per heavy atom. The van der Waals surface area contributed by atoms with Gasteiger partial charge in [-0.25, -0.2) is 0 Å². The van der Waals surface area contributed by atoms with Gasteiger partial charge in [-0.05, 0) is 43.5 Å². The van der Waals surface area contributed by atoms with Crippen molar-refractivity contribution >= 4 is 35.1 Å². The molecule has 2 aliphatic rings. The number of benzene rings is 1. The van der Waals surface area contributed by atoms with E-state index < -0.39 is 12.0 Å². The van der Waals surface area contributed by atoms with Crippen molar-refractivity contribution in [3.8, 4) is 0 Å². The van der Waals surface area contributed by atoms with Crippen LogP contribution in [0.4, 0.5) is 11.4 Å². The van der Waals surface area contributed by atoms with E-state index in [2.05, 4.69) is 15.5 Å². The first-order chi connectivity index (χ1) is 17.4. The molecule has 1 aromatic carbocycles. The Morgan fingerprint density at radius 1 is 0.861 bits per heavy atom. The quantitative estimate of drug-likeness (QED) is 0.264. The summed E-state index contributed by atoms with van der Waals surface area (Å²) in [6.45, 7) is 3.05. The highest BCUT2D eigenvalue weighted by molar-refractivity contribution is 6.01. The Labute approximate surface area is 213 Å². The van der Waals surface area contributed by atoms with Crippen LogP contribution in [0.2, 0.25) is 0 Å². The molecule has 2 saturated heterocycles. The molecule has 9 heteroatoms. The van der Waals surface area contributed by atoms with Crippen LogP contribution < -0.4 is 15.5 Å². The zero-order valence-electron chi connectivity index (χ0n) is 21.2. The average molecular weight is 501 g/mol. The number of rotatable bonds is 14. The number of imide groups is 1. The molecule has 2 heterocycles. The fraction of sp³-hybridized carbons (Fsp3) is 0.630. The Balaban J connectivity index is 1.27. The third-order valence-corrected chi connectivity index (χ3v) is 6.98. The lowest BCUT2D eigenvalue weighted by Gasteiger charge is -2.36. The van der Waals surface area contributed by atoms with Crippen molar-refractivity contribution in [3.05, 3.63) is 24.3 Å². The number of piperazine rings is 1. The molecule has 3 rings (SSSR count). The SMILES string of the molecule is O=C(O)CCCCCCCCCCC(=O)N1CCN(c2ccc(NC3CCC(=O)NC3=O)cc2)CC1. The average Bonchev–Trinajstić information content (AvgIpc) is 2.87. The topological polar surface area (TPSA) is 119 Å². The number of carboxylic acid groups (broad SMARTS) is 1. The van der Waals surface area contributed by atoms with Gasteiger partial charge in [0.1, 0.15) is 6.04 Å². The second-order valence-electron chi connectivity index (χ2n) is 9.78. The predicted octanol–water partition coefficient (Wildman–Crippen LogP) is 3.54. The van der Waals surface area contributed by atoms with Crippen LogP contribution in [0.15, 0.2) is 24.3 Å². The van der Waals surface area contributed by atoms with Crippen LogP contribution in [0.5, 0.6) is 0 Å². The Hall–Kier alpha value is -3.10. The molecule has 0 bridgehead atoms. The maximum atomic E-state index is 12.6. The molecule has 0 aliphatic carbocycles. The van der Waals surface area contributed by atoms with Gasteiger partial charge in [0.15, 0.2) is 0 Å². The smallest absolute Gasteiger partial charge is 0.303 e. The molecule has 0 radical (unpaired) electrons. The highest BCUT2D eigenvalue weighted by Gasteiger charge is 2.26. The number of carboxylic acids is 1. The lowest BCUT2D eigenvalue weighted by molar-refractivity contribution is -0.137. The van der Waals surface area contributed by atoms with Gasteiger partial charge in [-0.1, -0.05) is 38.5 Å². The van der Waals surface area contributed by atoms with Crippen molar-refractivity contribution in [2.45, 2.75) is 83.1 Å². The summed E-state index contributed by atoms with van der Waals surface area (Å²) in [6.07, 6.45) is 10.0. The minimum absolute atomic E-state index is 0.218. The summed E-state index contributed by atoms with van der Waals surface area (Å²) in [6, 6.07) is 7.56. The van der Waals surface area contributed by atoms with Crippen LogP contribution in [-0.2, 0) is 19.2 Å². The van der Waals surface area contributed by atoms with Crippen LogP contribution in [0, 0.1) is 0 Å². The molecule has 1 atom stereocenters. The van der Waals surface area contributed by atoms with Crippen LogP contribution in [0.1, 0.15) is 77.0 Å². The molecule has 2 aliphatic heterocycles. The normalized spacial score (nSPS) is 18.2. The molecule has 1 aromatic rings. The van der Waals surface area contributed by atoms with Gasteiger partial charge in [-0.2, -0.15) is 0 Å². The molecule has 0 saturated carbocycles. The summed E-state index contributed by atoms with van der Waals surface area (Å²) in [5, 5.41) is 14.2. The van der Waals surface area contributed by atoms with Crippen molar-refractivity contribution in [3.63, 3.8) is 0 Å². The number of nitrogens with zero attached hydrogens (tertiary/aromatic N) is 2. The minimum Gasteiger partial charge on any atom is -0.481 e. The van der Waals surface area contributed by atoms with Gasteiger partial charge >= 0.3 is 5.97 Å². The Kier molecular flexibility index (Phi) is 11.0. The van der Waals surface area contributed by atoms with Crippen molar-refractivity contribution in [2.24, 2.45) is 0 Å². The molecule has 198 valence electrons. The van der Waals surface area contributed by atoms with Gasteiger partial charge in [-0.15, -0.1) is 0 Å². The highest BCUT2D eigenvalue weighted by atomic mass is 16.4. The minimum atomic E-state index is -0.712. The molecule has 3 amide bonds. The zero-order chi connectivity index (χ0) is 25.8. The van der Waals surface area contributed by atoms with Crippen molar-refractivity contribution in [1.29, 1.82) is 0 Å². The van der Waals surface area contributed by atoms with Crippen LogP contribution in [-0.4, -0.2) is 65.9 Å². The Morgan fingerprint density at radius 3 is 2.03 bits per heavy atom. The number of carbonyl (C=O) groups is 4. The number of piperidine rings is 1. The standard InChI is InChI=1S/C27H40N4O5/c32-24-16-15-23(27(36)29-24)28-21-11-13-22(14-12-21)30-17-19-31(20-18-30)25(33)9-7-5-3-1-2-4-6-8-10-26(34)35/h11-14,23,28H,1-10,15-20H2,(H,34,35)(H,29,32,36). The zero-order valence-corrected chi connectivity index (χ0v) is 21.2. The summed E-state index contributed by atoms with van der Waals surface area (Å²) in [7, 11) is 0. The van der Waals surface area contributed by atoms with Crippen molar-refractivity contribution < 1.29 is 24.3 Å². The van der Waals surface area contributed by atoms with Gasteiger partial charge in [-0.3, -0.25) is 24.5 Å². The summed E-state index contributed by atoms with van der Waals surface area (Å²) in [4.78, 5) is 50.5. The lowest BCUT2D eigenvalue weighted by atomic mass is 10.1. The summed E-state index contributed by atoms with van der Waals surface area (Å²) < 4.78 is 0. The third-order valence-electron chi connectivity index (χ3n) is 6.98. The number of unbranched alkanes of at least 4 members (excludes halogenated alkanes) is 7. The first kappa shape index (κ1) is 27.5. The number of hydrogen-bond acceptors (Lipinski definition) is 6. The molecular formula is C27H40N4O5. The first-order valence-corrected chi connectivity index (χ1v) is 13.4. The number of hydrogen-bond donors (Lipinski definition) is 3. The van der Waals surface area contributed by atoms with Crippen LogP contribution in [0.3, 0.4) is 0 Å². The van der Waals surface area contributed by atoms with E-state index in [1.807, 2.05) is 29.2 Å². The van der Waals surface area contributed by atoms with E-state index in [-0.39, 0.29) is 24.1 Å². The number of nitrogens with one attached hydrogen (secondary N) is 2. The van der Waals surface area contributed by atoms with E-state index in [9.17, 15) is 19.2 Å². The van der Waals surface area contributed by atoms with Crippen LogP contribution in [0.25, 0.3) is 0 Å². The first-order valence-electron chi connectivity index (χ1n) is 13.4. The van der Waals surface area contributed by atoms with E-state index in [4.69, 9.17) is 5.11 Å². The second kappa shape index (κ2) is 14.5. The van der Waals surface area contributed by atoms with E-state index in [0.717, 1.165) is 88.9 Å². The summed E-state index contributed by atoms with van der Waals surface area (Å²) >= 11 is 0. The fourth-order valence-corrected chi connectivity index (χ4v) is 4.79. The van der Waals surface area contributed by atoms with E-state index in [1.54, 1.807) is 0 Å². The van der Waals surface area contributed by atoms with Gasteiger partial charge in [0.2, 0.25) is 17.7 Å². The monoisotopic (exact) mass is 500 g/mol. The molecular weight excluding hydrogens is 460 g/mol. The lowest BCUT2D eigenvalue weighted by Crippen LogP contribution is -2.48. The van der Waals surface area contributed by atoms with Gasteiger partial charge < -0.3 is 20.2 Å². The van der Waals surface area contributed by atoms with Gasteiger partial charge in [0.25, 0.3) is 0 Å².